The quantitative estimate of drug-likeness (QED) is 0.725. The molecule has 2 aliphatic rings. The molecule has 1 N–H and O–H groups in total. The molecule has 2 aromatic heterocycles. The zero-order valence-corrected chi connectivity index (χ0v) is 16.3. The number of ether oxygens (including phenoxy) is 2. The van der Waals surface area contributed by atoms with Gasteiger partial charge in [-0.05, 0) is 24.5 Å². The van der Waals surface area contributed by atoms with Crippen molar-refractivity contribution in [1.82, 2.24) is 19.5 Å². The Morgan fingerprint density at radius 2 is 1.83 bits per heavy atom. The number of imidazole rings is 1. The number of aliphatic hydroxyl groups excluding tert-OH is 1. The third-order valence-electron chi connectivity index (χ3n) is 5.68. The SMILES string of the molecule is OCc1cccc(-c2nc(N3CCOCC3)nc3ncn(C4CCOCC4)c23)c1. The molecule has 8 nitrogen and oxygen atoms in total. The van der Waals surface area contributed by atoms with Crippen LogP contribution in [0.3, 0.4) is 0 Å². The average Bonchev–Trinajstić information content (AvgIpc) is 3.24. The smallest absolute Gasteiger partial charge is 0.228 e. The van der Waals surface area contributed by atoms with Crippen molar-refractivity contribution < 1.29 is 14.6 Å². The van der Waals surface area contributed by atoms with Gasteiger partial charge in [0.25, 0.3) is 0 Å². The lowest BCUT2D eigenvalue weighted by Gasteiger charge is -2.27. The third kappa shape index (κ3) is 3.59. The molecule has 0 unspecified atom stereocenters. The van der Waals surface area contributed by atoms with Crippen molar-refractivity contribution in [3.63, 3.8) is 0 Å². The molecule has 0 spiro atoms. The van der Waals surface area contributed by atoms with Crippen LogP contribution in [0.4, 0.5) is 5.95 Å². The van der Waals surface area contributed by atoms with E-state index in [-0.39, 0.29) is 6.61 Å². The summed E-state index contributed by atoms with van der Waals surface area (Å²) in [6.07, 6.45) is 3.79. The number of benzene rings is 1. The summed E-state index contributed by atoms with van der Waals surface area (Å²) in [6, 6.07) is 8.22. The van der Waals surface area contributed by atoms with Gasteiger partial charge in [0.15, 0.2) is 5.65 Å². The molecule has 4 heterocycles. The van der Waals surface area contributed by atoms with Crippen molar-refractivity contribution >= 4 is 17.1 Å². The third-order valence-corrected chi connectivity index (χ3v) is 5.68. The van der Waals surface area contributed by atoms with E-state index in [1.165, 1.54) is 0 Å². The van der Waals surface area contributed by atoms with Crippen LogP contribution in [-0.4, -0.2) is 64.1 Å². The Kier molecular flexibility index (Phi) is 5.13. The number of nitrogens with zero attached hydrogens (tertiary/aromatic N) is 5. The Hall–Kier alpha value is -2.55. The second-order valence-electron chi connectivity index (χ2n) is 7.50. The highest BCUT2D eigenvalue weighted by Gasteiger charge is 2.24. The first-order valence-electron chi connectivity index (χ1n) is 10.2. The van der Waals surface area contributed by atoms with E-state index in [4.69, 9.17) is 19.4 Å². The molecule has 2 saturated heterocycles. The van der Waals surface area contributed by atoms with Gasteiger partial charge in [-0.15, -0.1) is 0 Å². The van der Waals surface area contributed by atoms with Crippen LogP contribution in [-0.2, 0) is 16.1 Å². The van der Waals surface area contributed by atoms with Gasteiger partial charge in [-0.2, -0.15) is 4.98 Å². The molecule has 5 rings (SSSR count). The molecule has 3 aromatic rings. The zero-order valence-electron chi connectivity index (χ0n) is 16.3. The maximum Gasteiger partial charge on any atom is 0.228 e. The van der Waals surface area contributed by atoms with Crippen LogP contribution in [0.15, 0.2) is 30.6 Å². The van der Waals surface area contributed by atoms with Crippen molar-refractivity contribution in [2.45, 2.75) is 25.5 Å². The minimum Gasteiger partial charge on any atom is -0.392 e. The fourth-order valence-electron chi connectivity index (χ4n) is 4.10. The predicted molar refractivity (Wildman–Crippen MR) is 109 cm³/mol. The Balaban J connectivity index is 1.67. The molecule has 152 valence electrons. The zero-order chi connectivity index (χ0) is 19.6. The van der Waals surface area contributed by atoms with Gasteiger partial charge in [-0.3, -0.25) is 0 Å². The maximum atomic E-state index is 9.61. The highest BCUT2D eigenvalue weighted by Crippen LogP contribution is 2.33. The maximum absolute atomic E-state index is 9.61. The lowest BCUT2D eigenvalue weighted by molar-refractivity contribution is 0.0706. The van der Waals surface area contributed by atoms with Gasteiger partial charge < -0.3 is 24.0 Å². The number of anilines is 1. The second kappa shape index (κ2) is 8.06. The highest BCUT2D eigenvalue weighted by molar-refractivity contribution is 5.89. The van der Waals surface area contributed by atoms with Gasteiger partial charge in [-0.25, -0.2) is 9.97 Å². The molecular weight excluding hydrogens is 370 g/mol. The van der Waals surface area contributed by atoms with Gasteiger partial charge in [0.05, 0.1) is 26.1 Å². The van der Waals surface area contributed by atoms with E-state index in [1.54, 1.807) is 0 Å². The summed E-state index contributed by atoms with van der Waals surface area (Å²) in [5, 5.41) is 9.61. The number of rotatable bonds is 4. The van der Waals surface area contributed by atoms with E-state index in [2.05, 4.69) is 14.5 Å². The number of morpholine rings is 1. The summed E-state index contributed by atoms with van der Waals surface area (Å²) in [5.41, 5.74) is 4.34. The first-order valence-corrected chi connectivity index (χ1v) is 10.2. The largest absolute Gasteiger partial charge is 0.392 e. The summed E-state index contributed by atoms with van der Waals surface area (Å²) >= 11 is 0. The molecule has 1 aromatic carbocycles. The molecule has 0 saturated carbocycles. The van der Waals surface area contributed by atoms with Gasteiger partial charge in [0.2, 0.25) is 5.95 Å². The molecule has 0 amide bonds. The van der Waals surface area contributed by atoms with Crippen molar-refractivity contribution in [3.05, 3.63) is 36.2 Å². The molecule has 2 fully saturated rings. The van der Waals surface area contributed by atoms with Crippen molar-refractivity contribution in [2.75, 3.05) is 44.4 Å². The first-order chi connectivity index (χ1) is 14.3. The summed E-state index contributed by atoms with van der Waals surface area (Å²) in [4.78, 5) is 16.6. The minimum absolute atomic E-state index is 0.00237. The number of hydrogen-bond acceptors (Lipinski definition) is 7. The topological polar surface area (TPSA) is 85.5 Å². The molecule has 0 bridgehead atoms. The summed E-state index contributed by atoms with van der Waals surface area (Å²) in [7, 11) is 0. The average molecular weight is 395 g/mol. The molecule has 0 aliphatic carbocycles. The van der Waals surface area contributed by atoms with Crippen LogP contribution in [0.1, 0.15) is 24.4 Å². The monoisotopic (exact) mass is 395 g/mol. The van der Waals surface area contributed by atoms with E-state index in [9.17, 15) is 5.11 Å². The summed E-state index contributed by atoms with van der Waals surface area (Å²) in [6.45, 7) is 4.39. The predicted octanol–water partition coefficient (Wildman–Crippen LogP) is 2.17. The number of aliphatic hydroxyl groups is 1. The van der Waals surface area contributed by atoms with Crippen LogP contribution in [0.2, 0.25) is 0 Å². The van der Waals surface area contributed by atoms with Gasteiger partial charge >= 0.3 is 0 Å². The van der Waals surface area contributed by atoms with E-state index in [1.807, 2.05) is 30.6 Å². The summed E-state index contributed by atoms with van der Waals surface area (Å²) in [5.74, 6) is 0.683. The fourth-order valence-corrected chi connectivity index (χ4v) is 4.10. The van der Waals surface area contributed by atoms with Crippen molar-refractivity contribution in [1.29, 1.82) is 0 Å². The van der Waals surface area contributed by atoms with Crippen molar-refractivity contribution in [3.8, 4) is 11.3 Å². The Labute approximate surface area is 169 Å². The molecule has 29 heavy (non-hydrogen) atoms. The molecule has 2 aliphatic heterocycles. The summed E-state index contributed by atoms with van der Waals surface area (Å²) < 4.78 is 13.2. The number of hydrogen-bond donors (Lipinski definition) is 1. The van der Waals surface area contributed by atoms with Crippen molar-refractivity contribution in [2.24, 2.45) is 0 Å². The number of aromatic nitrogens is 4. The van der Waals surface area contributed by atoms with E-state index in [0.29, 0.717) is 30.9 Å². The fraction of sp³-hybridized carbons (Fsp3) is 0.476. The lowest BCUT2D eigenvalue weighted by atomic mass is 10.1. The Bertz CT molecular complexity index is 993. The highest BCUT2D eigenvalue weighted by atomic mass is 16.5. The van der Waals surface area contributed by atoms with E-state index < -0.39 is 0 Å². The number of fused-ring (bicyclic) bond motifs is 1. The normalized spacial score (nSPS) is 18.4. The molecular formula is C21H25N5O3. The van der Waals surface area contributed by atoms with Crippen LogP contribution < -0.4 is 4.90 Å². The van der Waals surface area contributed by atoms with Crippen LogP contribution in [0.5, 0.6) is 0 Å². The van der Waals surface area contributed by atoms with Gasteiger partial charge in [0, 0.05) is 37.9 Å². The van der Waals surface area contributed by atoms with E-state index in [0.717, 1.165) is 61.5 Å². The standard InChI is InChI=1S/C21H25N5O3/c27-13-15-2-1-3-16(12-15)18-19-20(22-14-26(19)17-4-8-28-9-5-17)24-21(23-18)25-6-10-29-11-7-25/h1-3,12,14,17,27H,4-11,13H2. The van der Waals surface area contributed by atoms with Crippen LogP contribution in [0, 0.1) is 0 Å². The first kappa shape index (κ1) is 18.5. The van der Waals surface area contributed by atoms with E-state index >= 15 is 0 Å². The van der Waals surface area contributed by atoms with Crippen LogP contribution >= 0.6 is 0 Å². The van der Waals surface area contributed by atoms with Crippen LogP contribution in [0.25, 0.3) is 22.4 Å². The molecule has 0 radical (unpaired) electrons. The Morgan fingerprint density at radius 1 is 1.03 bits per heavy atom. The Morgan fingerprint density at radius 3 is 2.62 bits per heavy atom. The lowest BCUT2D eigenvalue weighted by Crippen LogP contribution is -2.37. The van der Waals surface area contributed by atoms with Gasteiger partial charge in [-0.1, -0.05) is 18.2 Å². The minimum atomic E-state index is -0.00237. The molecule has 8 heteroatoms. The second-order valence-corrected chi connectivity index (χ2v) is 7.50. The van der Waals surface area contributed by atoms with Gasteiger partial charge in [0.1, 0.15) is 11.2 Å². The molecule has 0 atom stereocenters.